The van der Waals surface area contributed by atoms with Crippen molar-refractivity contribution in [3.8, 4) is 0 Å². The van der Waals surface area contributed by atoms with Gasteiger partial charge in [0.1, 0.15) is 6.33 Å². The molecule has 0 aliphatic carbocycles. The third-order valence-electron chi connectivity index (χ3n) is 3.26. The number of aromatic nitrogens is 3. The Morgan fingerprint density at radius 1 is 1.48 bits per heavy atom. The van der Waals surface area contributed by atoms with Crippen molar-refractivity contribution in [1.29, 1.82) is 0 Å². The average molecular weight is 309 g/mol. The third-order valence-corrected chi connectivity index (χ3v) is 3.61. The number of halogens is 1. The molecule has 0 aliphatic heterocycles. The maximum Gasteiger partial charge on any atom is 0.377 e. The van der Waals surface area contributed by atoms with Crippen LogP contribution in [0.5, 0.6) is 0 Å². The number of hydrogen-bond donors (Lipinski definition) is 1. The molecule has 112 valence electrons. The monoisotopic (exact) mass is 308 g/mol. The Bertz CT molecular complexity index is 629. The highest BCUT2D eigenvalue weighted by Gasteiger charge is 2.25. The largest absolute Gasteiger partial charge is 0.463 e. The fourth-order valence-corrected chi connectivity index (χ4v) is 2.35. The van der Waals surface area contributed by atoms with Gasteiger partial charge in [-0.15, -0.1) is 5.10 Å². The lowest BCUT2D eigenvalue weighted by molar-refractivity contribution is 0.0586. The van der Waals surface area contributed by atoms with E-state index in [2.05, 4.69) is 14.8 Å². The first-order chi connectivity index (χ1) is 10.1. The Hall–Kier alpha value is -1.92. The first kappa shape index (κ1) is 15.5. The molecule has 6 nitrogen and oxygen atoms in total. The van der Waals surface area contributed by atoms with Crippen molar-refractivity contribution in [3.63, 3.8) is 0 Å². The second-order valence-electron chi connectivity index (χ2n) is 4.58. The van der Waals surface area contributed by atoms with Gasteiger partial charge in [0.05, 0.1) is 13.2 Å². The van der Waals surface area contributed by atoms with E-state index in [9.17, 15) is 4.79 Å². The molecule has 21 heavy (non-hydrogen) atoms. The Morgan fingerprint density at radius 2 is 2.19 bits per heavy atom. The summed E-state index contributed by atoms with van der Waals surface area (Å²) in [5, 5.41) is 4.76. The molecule has 0 bridgehead atoms. The highest BCUT2D eigenvalue weighted by molar-refractivity contribution is 6.31. The molecule has 2 atom stereocenters. The van der Waals surface area contributed by atoms with Gasteiger partial charge in [0.15, 0.2) is 0 Å². The van der Waals surface area contributed by atoms with Gasteiger partial charge < -0.3 is 10.5 Å². The van der Waals surface area contributed by atoms with Crippen LogP contribution >= 0.6 is 11.6 Å². The minimum atomic E-state index is -0.586. The molecule has 0 saturated carbocycles. The van der Waals surface area contributed by atoms with Gasteiger partial charge in [-0.05, 0) is 18.1 Å². The first-order valence-electron chi connectivity index (χ1n) is 6.58. The van der Waals surface area contributed by atoms with E-state index in [1.807, 2.05) is 25.1 Å². The van der Waals surface area contributed by atoms with Crippen LogP contribution in [0, 0.1) is 0 Å². The van der Waals surface area contributed by atoms with E-state index < -0.39 is 5.97 Å². The number of methoxy groups -OCH3 is 1. The van der Waals surface area contributed by atoms with Crippen molar-refractivity contribution in [2.24, 2.45) is 5.73 Å². The van der Waals surface area contributed by atoms with Crippen molar-refractivity contribution in [3.05, 3.63) is 47.0 Å². The summed E-state index contributed by atoms with van der Waals surface area (Å²) in [5.41, 5.74) is 7.05. The molecule has 2 aromatic rings. The van der Waals surface area contributed by atoms with E-state index in [1.54, 1.807) is 10.7 Å². The lowest BCUT2D eigenvalue weighted by Crippen LogP contribution is -2.33. The Morgan fingerprint density at radius 3 is 2.81 bits per heavy atom. The van der Waals surface area contributed by atoms with Crippen LogP contribution < -0.4 is 5.73 Å². The predicted molar refractivity (Wildman–Crippen MR) is 79.2 cm³/mol. The van der Waals surface area contributed by atoms with Crippen LogP contribution in [0.2, 0.25) is 5.02 Å². The smallest absolute Gasteiger partial charge is 0.377 e. The van der Waals surface area contributed by atoms with Crippen LogP contribution in [0.4, 0.5) is 0 Å². The first-order valence-corrected chi connectivity index (χ1v) is 6.95. The van der Waals surface area contributed by atoms with Crippen LogP contribution in [0.15, 0.2) is 30.6 Å². The second kappa shape index (κ2) is 6.69. The Balaban J connectivity index is 2.44. The zero-order chi connectivity index (χ0) is 15.4. The number of nitrogens with two attached hydrogens (primary N) is 1. The minimum Gasteiger partial charge on any atom is -0.463 e. The van der Waals surface area contributed by atoms with Gasteiger partial charge in [-0.1, -0.05) is 36.7 Å². The lowest BCUT2D eigenvalue weighted by Gasteiger charge is -2.24. The number of benzene rings is 1. The summed E-state index contributed by atoms with van der Waals surface area (Å²) in [6.07, 6.45) is 2.19. The van der Waals surface area contributed by atoms with E-state index in [0.29, 0.717) is 5.02 Å². The van der Waals surface area contributed by atoms with Crippen LogP contribution in [0.1, 0.15) is 35.6 Å². The molecule has 0 radical (unpaired) electrons. The van der Waals surface area contributed by atoms with Gasteiger partial charge in [-0.2, -0.15) is 0 Å². The number of rotatable bonds is 5. The molecule has 0 aliphatic rings. The molecular formula is C14H17ClN4O2. The number of esters is 1. The van der Waals surface area contributed by atoms with Gasteiger partial charge in [0, 0.05) is 11.1 Å². The zero-order valence-corrected chi connectivity index (χ0v) is 12.6. The molecule has 0 fully saturated rings. The molecule has 2 N–H and O–H groups in total. The highest BCUT2D eigenvalue weighted by Crippen LogP contribution is 2.28. The van der Waals surface area contributed by atoms with Gasteiger partial charge in [0.25, 0.3) is 5.82 Å². The summed E-state index contributed by atoms with van der Waals surface area (Å²) in [6, 6.07) is 6.91. The van der Waals surface area contributed by atoms with Crippen molar-refractivity contribution >= 4 is 17.6 Å². The average Bonchev–Trinajstić information content (AvgIpc) is 2.98. The fourth-order valence-electron chi connectivity index (χ4n) is 2.10. The molecule has 2 unspecified atom stereocenters. The molecule has 1 heterocycles. The normalized spacial score (nSPS) is 13.7. The number of nitrogens with zero attached hydrogens (tertiary/aromatic N) is 3. The van der Waals surface area contributed by atoms with Crippen LogP contribution in [0.25, 0.3) is 0 Å². The number of carbonyl (C=O) groups is 1. The predicted octanol–water partition coefficient (Wildman–Crippen LogP) is 2.04. The summed E-state index contributed by atoms with van der Waals surface area (Å²) < 4.78 is 6.17. The summed E-state index contributed by atoms with van der Waals surface area (Å²) >= 11 is 6.26. The van der Waals surface area contributed by atoms with Crippen molar-refractivity contribution in [1.82, 2.24) is 14.8 Å². The molecule has 0 saturated heterocycles. The number of hydrogen-bond acceptors (Lipinski definition) is 5. The van der Waals surface area contributed by atoms with Crippen LogP contribution in [-0.2, 0) is 4.74 Å². The third kappa shape index (κ3) is 3.22. The highest BCUT2D eigenvalue weighted by atomic mass is 35.5. The standard InChI is InChI=1S/C14H17ClN4O2/c1-3-11(16)12(9-6-4-5-7-10(9)15)19-8-17-13(18-19)14(20)21-2/h4-8,11-12H,3,16H2,1-2H3. The van der Waals surface area contributed by atoms with Crippen LogP contribution in [-0.4, -0.2) is 33.9 Å². The molecule has 2 rings (SSSR count). The van der Waals surface area contributed by atoms with E-state index >= 15 is 0 Å². The van der Waals surface area contributed by atoms with Crippen LogP contribution in [0.3, 0.4) is 0 Å². The van der Waals surface area contributed by atoms with Gasteiger partial charge in [-0.25, -0.2) is 14.5 Å². The summed E-state index contributed by atoms with van der Waals surface area (Å²) in [5.74, 6) is -0.588. The molecule has 7 heteroatoms. The SMILES string of the molecule is CCC(N)C(c1ccccc1Cl)n1cnc(C(=O)OC)n1. The molecule has 0 spiro atoms. The van der Waals surface area contributed by atoms with E-state index in [-0.39, 0.29) is 17.9 Å². The topological polar surface area (TPSA) is 83.0 Å². The fraction of sp³-hybridized carbons (Fsp3) is 0.357. The number of carbonyl (C=O) groups excluding carboxylic acids is 1. The molecule has 1 aromatic carbocycles. The second-order valence-corrected chi connectivity index (χ2v) is 4.99. The van der Waals surface area contributed by atoms with Gasteiger partial charge in [-0.3, -0.25) is 0 Å². The lowest BCUT2D eigenvalue weighted by atomic mass is 9.98. The zero-order valence-electron chi connectivity index (χ0n) is 11.9. The van der Waals surface area contributed by atoms with Crippen molar-refractivity contribution < 1.29 is 9.53 Å². The van der Waals surface area contributed by atoms with Gasteiger partial charge in [0.2, 0.25) is 0 Å². The van der Waals surface area contributed by atoms with Gasteiger partial charge >= 0.3 is 5.97 Å². The maximum atomic E-state index is 11.5. The minimum absolute atomic E-state index is 0.00198. The van der Waals surface area contributed by atoms with E-state index in [1.165, 1.54) is 13.4 Å². The van der Waals surface area contributed by atoms with Crippen molar-refractivity contribution in [2.75, 3.05) is 7.11 Å². The van der Waals surface area contributed by atoms with E-state index in [0.717, 1.165) is 12.0 Å². The quantitative estimate of drug-likeness (QED) is 0.855. The molecule has 0 amide bonds. The Kier molecular flexibility index (Phi) is 4.93. The summed E-state index contributed by atoms with van der Waals surface area (Å²) in [4.78, 5) is 15.4. The molecular weight excluding hydrogens is 292 g/mol. The van der Waals surface area contributed by atoms with Crippen molar-refractivity contribution in [2.45, 2.75) is 25.4 Å². The van der Waals surface area contributed by atoms with E-state index in [4.69, 9.17) is 17.3 Å². The molecule has 1 aromatic heterocycles. The summed E-state index contributed by atoms with van der Waals surface area (Å²) in [6.45, 7) is 1.98. The number of ether oxygens (including phenoxy) is 1. The Labute approximate surface area is 127 Å². The summed E-state index contributed by atoms with van der Waals surface area (Å²) in [7, 11) is 1.28. The maximum absolute atomic E-state index is 11.5.